The molecule has 1 heterocycles. The minimum Gasteiger partial charge on any atom is -0.356 e. The number of hydrogen-bond donors (Lipinski definition) is 3. The van der Waals surface area contributed by atoms with E-state index in [2.05, 4.69) is 33.1 Å². The van der Waals surface area contributed by atoms with Crippen LogP contribution in [0, 0.1) is 5.92 Å². The van der Waals surface area contributed by atoms with Crippen LogP contribution in [0.3, 0.4) is 0 Å². The number of benzene rings is 1. The zero-order valence-electron chi connectivity index (χ0n) is 15.9. The largest absolute Gasteiger partial charge is 0.356 e. The molecule has 2 rings (SSSR count). The summed E-state index contributed by atoms with van der Waals surface area (Å²) in [5, 5.41) is 11.2. The van der Waals surface area contributed by atoms with Crippen molar-refractivity contribution in [2.24, 2.45) is 5.92 Å². The zero-order chi connectivity index (χ0) is 18.9. The molecule has 0 saturated heterocycles. The number of aryl methyl sites for hydroxylation is 1. The number of thiazole rings is 1. The van der Waals surface area contributed by atoms with Crippen molar-refractivity contribution in [2.45, 2.75) is 26.7 Å². The van der Waals surface area contributed by atoms with Gasteiger partial charge < -0.3 is 16.0 Å². The highest BCUT2D eigenvalue weighted by Crippen LogP contribution is 2.25. The molecule has 0 aliphatic carbocycles. The van der Waals surface area contributed by atoms with Gasteiger partial charge in [0.25, 0.3) is 0 Å². The Morgan fingerprint density at radius 3 is 2.56 bits per heavy atom. The fourth-order valence-corrected chi connectivity index (χ4v) is 3.21. The van der Waals surface area contributed by atoms with Crippen molar-refractivity contribution < 1.29 is 9.59 Å². The van der Waals surface area contributed by atoms with E-state index in [0.717, 1.165) is 24.1 Å². The van der Waals surface area contributed by atoms with Gasteiger partial charge in [-0.05, 0) is 25.5 Å². The van der Waals surface area contributed by atoms with Crippen LogP contribution in [0.4, 0.5) is 5.13 Å². The van der Waals surface area contributed by atoms with Crippen LogP contribution in [0.2, 0.25) is 0 Å². The minimum absolute atomic E-state index is 0. The summed E-state index contributed by atoms with van der Waals surface area (Å²) in [5.74, 6) is -0.133. The van der Waals surface area contributed by atoms with E-state index in [4.69, 9.17) is 0 Å². The Bertz CT molecular complexity index is 734. The molecule has 0 saturated carbocycles. The average Bonchev–Trinajstić information content (AvgIpc) is 3.07. The third-order valence-electron chi connectivity index (χ3n) is 3.96. The Hall–Kier alpha value is -1.96. The molecule has 6 nitrogen and oxygen atoms in total. The Morgan fingerprint density at radius 1 is 1.22 bits per heavy atom. The molecule has 148 valence electrons. The second-order valence-electron chi connectivity index (χ2n) is 6.27. The number of carbonyl (C=O) groups is 2. The summed E-state index contributed by atoms with van der Waals surface area (Å²) in [6.45, 7) is 4.73. The Morgan fingerprint density at radius 2 is 1.93 bits per heavy atom. The molecule has 2 aromatic rings. The van der Waals surface area contributed by atoms with Crippen LogP contribution in [0.5, 0.6) is 0 Å². The molecule has 0 radical (unpaired) electrons. The van der Waals surface area contributed by atoms with Gasteiger partial charge in [-0.3, -0.25) is 9.59 Å². The summed E-state index contributed by atoms with van der Waals surface area (Å²) in [4.78, 5) is 27.4. The van der Waals surface area contributed by atoms with E-state index in [0.29, 0.717) is 18.2 Å². The Labute approximate surface area is 170 Å². The van der Waals surface area contributed by atoms with E-state index in [9.17, 15) is 9.59 Å². The van der Waals surface area contributed by atoms with Gasteiger partial charge in [0, 0.05) is 36.9 Å². The topological polar surface area (TPSA) is 83.1 Å². The SMILES string of the molecule is CNCC(C)C(=O)Nc1nc(-c2ccc(CCCNC(C)=O)cc2)cs1.Cl. The number of halogens is 1. The van der Waals surface area contributed by atoms with Crippen LogP contribution < -0.4 is 16.0 Å². The highest BCUT2D eigenvalue weighted by Gasteiger charge is 2.14. The highest BCUT2D eigenvalue weighted by molar-refractivity contribution is 7.14. The molecule has 1 aromatic carbocycles. The molecule has 0 fully saturated rings. The maximum Gasteiger partial charge on any atom is 0.230 e. The summed E-state index contributed by atoms with van der Waals surface area (Å²) in [6.07, 6.45) is 1.83. The summed E-state index contributed by atoms with van der Waals surface area (Å²) in [6, 6.07) is 8.24. The van der Waals surface area contributed by atoms with E-state index in [1.807, 2.05) is 31.5 Å². The summed E-state index contributed by atoms with van der Waals surface area (Å²) >= 11 is 1.43. The number of rotatable bonds is 9. The van der Waals surface area contributed by atoms with Crippen molar-refractivity contribution in [1.82, 2.24) is 15.6 Å². The van der Waals surface area contributed by atoms with E-state index < -0.39 is 0 Å². The van der Waals surface area contributed by atoms with Crippen molar-refractivity contribution in [1.29, 1.82) is 0 Å². The third kappa shape index (κ3) is 7.66. The molecular weight excluding hydrogens is 384 g/mol. The summed E-state index contributed by atoms with van der Waals surface area (Å²) in [7, 11) is 1.83. The number of nitrogens with zero attached hydrogens (tertiary/aromatic N) is 1. The van der Waals surface area contributed by atoms with E-state index in [1.54, 1.807) is 0 Å². The molecule has 2 amide bonds. The second kappa shape index (κ2) is 11.7. The molecule has 0 aliphatic rings. The molecule has 3 N–H and O–H groups in total. The molecule has 1 atom stereocenters. The van der Waals surface area contributed by atoms with Crippen LogP contribution >= 0.6 is 23.7 Å². The monoisotopic (exact) mass is 410 g/mol. The van der Waals surface area contributed by atoms with Gasteiger partial charge in [0.15, 0.2) is 5.13 Å². The van der Waals surface area contributed by atoms with Crippen LogP contribution in [0.25, 0.3) is 11.3 Å². The third-order valence-corrected chi connectivity index (χ3v) is 4.72. The van der Waals surface area contributed by atoms with Crippen molar-refractivity contribution in [3.63, 3.8) is 0 Å². The molecule has 1 aromatic heterocycles. The van der Waals surface area contributed by atoms with E-state index >= 15 is 0 Å². The van der Waals surface area contributed by atoms with Gasteiger partial charge in [-0.2, -0.15) is 0 Å². The van der Waals surface area contributed by atoms with Crippen LogP contribution in [-0.2, 0) is 16.0 Å². The van der Waals surface area contributed by atoms with Gasteiger partial charge in [-0.25, -0.2) is 4.98 Å². The number of amides is 2. The number of anilines is 1. The van der Waals surface area contributed by atoms with Crippen molar-refractivity contribution in [3.05, 3.63) is 35.2 Å². The van der Waals surface area contributed by atoms with Gasteiger partial charge in [0.05, 0.1) is 5.69 Å². The predicted molar refractivity (Wildman–Crippen MR) is 114 cm³/mol. The maximum absolute atomic E-state index is 12.0. The smallest absolute Gasteiger partial charge is 0.230 e. The normalized spacial score (nSPS) is 11.4. The fraction of sp³-hybridized carbons (Fsp3) is 0.421. The first-order valence-corrected chi connectivity index (χ1v) is 9.62. The van der Waals surface area contributed by atoms with Gasteiger partial charge in [-0.1, -0.05) is 31.2 Å². The highest BCUT2D eigenvalue weighted by atomic mass is 35.5. The number of hydrogen-bond acceptors (Lipinski definition) is 5. The number of nitrogens with one attached hydrogen (secondary N) is 3. The van der Waals surface area contributed by atoms with Gasteiger partial charge in [0.1, 0.15) is 0 Å². The fourth-order valence-electron chi connectivity index (χ4n) is 2.49. The average molecular weight is 411 g/mol. The van der Waals surface area contributed by atoms with Crippen molar-refractivity contribution in [3.8, 4) is 11.3 Å². The molecule has 1 unspecified atom stereocenters. The lowest BCUT2D eigenvalue weighted by Gasteiger charge is -2.09. The molecule has 27 heavy (non-hydrogen) atoms. The van der Waals surface area contributed by atoms with E-state index in [1.165, 1.54) is 23.8 Å². The molecule has 0 aliphatic heterocycles. The van der Waals surface area contributed by atoms with Crippen LogP contribution in [-0.4, -0.2) is 36.9 Å². The molecule has 0 spiro atoms. The van der Waals surface area contributed by atoms with E-state index in [-0.39, 0.29) is 30.1 Å². The predicted octanol–water partition coefficient (Wildman–Crippen LogP) is 3.09. The zero-order valence-corrected chi connectivity index (χ0v) is 17.5. The van der Waals surface area contributed by atoms with Crippen LogP contribution in [0.15, 0.2) is 29.6 Å². The second-order valence-corrected chi connectivity index (χ2v) is 7.13. The van der Waals surface area contributed by atoms with Crippen LogP contribution in [0.1, 0.15) is 25.8 Å². The van der Waals surface area contributed by atoms with Crippen molar-refractivity contribution in [2.75, 3.05) is 25.5 Å². The molecule has 0 bridgehead atoms. The lowest BCUT2D eigenvalue weighted by atomic mass is 10.1. The quantitative estimate of drug-likeness (QED) is 0.555. The number of aromatic nitrogens is 1. The standard InChI is InChI=1S/C19H26N4O2S.ClH/c1-13(11-20-3)18(25)23-19-22-17(12-26-19)16-8-6-15(7-9-16)5-4-10-21-14(2)24;/h6-9,12-13,20H,4-5,10-11H2,1-3H3,(H,21,24)(H,22,23,25);1H. The Balaban J connectivity index is 0.00000364. The lowest BCUT2D eigenvalue weighted by molar-refractivity contribution is -0.119. The first kappa shape index (κ1) is 23.1. The molecular formula is C19H27ClN4O2S. The minimum atomic E-state index is -0.107. The molecule has 8 heteroatoms. The maximum atomic E-state index is 12.0. The van der Waals surface area contributed by atoms with Gasteiger partial charge in [-0.15, -0.1) is 23.7 Å². The summed E-state index contributed by atoms with van der Waals surface area (Å²) < 4.78 is 0. The summed E-state index contributed by atoms with van der Waals surface area (Å²) in [5.41, 5.74) is 3.11. The van der Waals surface area contributed by atoms with Gasteiger partial charge >= 0.3 is 0 Å². The van der Waals surface area contributed by atoms with Crippen molar-refractivity contribution >= 4 is 40.7 Å². The first-order chi connectivity index (χ1) is 12.5. The lowest BCUT2D eigenvalue weighted by Crippen LogP contribution is -2.28. The first-order valence-electron chi connectivity index (χ1n) is 8.74. The Kier molecular flexibility index (Phi) is 9.99. The van der Waals surface area contributed by atoms with Gasteiger partial charge in [0.2, 0.25) is 11.8 Å². The number of carbonyl (C=O) groups excluding carboxylic acids is 2.